The zero-order valence-electron chi connectivity index (χ0n) is 17.3. The lowest BCUT2D eigenvalue weighted by Crippen LogP contribution is -2.36. The summed E-state index contributed by atoms with van der Waals surface area (Å²) in [4.78, 5) is 16.9. The van der Waals surface area contributed by atoms with Crippen LogP contribution < -0.4 is 4.90 Å². The number of fused-ring (bicyclic) bond motifs is 2. The largest absolute Gasteiger partial charge is 0.354 e. The van der Waals surface area contributed by atoms with Gasteiger partial charge in [-0.15, -0.1) is 0 Å². The molecular formula is C23H23FN4O2S. The lowest BCUT2D eigenvalue weighted by atomic mass is 9.93. The summed E-state index contributed by atoms with van der Waals surface area (Å²) in [5.41, 5.74) is 1.03. The van der Waals surface area contributed by atoms with Crippen LogP contribution in [0.2, 0.25) is 0 Å². The molecule has 0 aliphatic carbocycles. The number of hydrogen-bond acceptors (Lipinski definition) is 6. The van der Waals surface area contributed by atoms with Crippen LogP contribution in [0.15, 0.2) is 47.0 Å². The van der Waals surface area contributed by atoms with E-state index < -0.39 is 0 Å². The van der Waals surface area contributed by atoms with Crippen molar-refractivity contribution in [3.05, 3.63) is 54.0 Å². The molecule has 1 fully saturated rings. The molecule has 2 aromatic heterocycles. The molecule has 1 saturated heterocycles. The molecule has 160 valence electrons. The van der Waals surface area contributed by atoms with E-state index in [1.165, 1.54) is 23.7 Å². The normalized spacial score (nSPS) is 15.1. The summed E-state index contributed by atoms with van der Waals surface area (Å²) in [6, 6.07) is 12.4. The summed E-state index contributed by atoms with van der Waals surface area (Å²) in [5, 5.41) is 5.94. The number of amides is 1. The first-order chi connectivity index (χ1) is 15.1. The molecule has 8 heteroatoms. The van der Waals surface area contributed by atoms with Crippen LogP contribution in [0.25, 0.3) is 21.1 Å². The second-order valence-electron chi connectivity index (χ2n) is 8.12. The van der Waals surface area contributed by atoms with Gasteiger partial charge in [0.2, 0.25) is 0 Å². The molecule has 0 N–H and O–H groups in total. The maximum Gasteiger partial charge on any atom is 0.273 e. The van der Waals surface area contributed by atoms with Gasteiger partial charge in [0.15, 0.2) is 11.4 Å². The number of carbonyl (C=O) groups excluding carboxylic acids is 1. The molecule has 5 rings (SSSR count). The van der Waals surface area contributed by atoms with Crippen LogP contribution in [0.5, 0.6) is 0 Å². The molecule has 0 radical (unpaired) electrons. The van der Waals surface area contributed by atoms with Crippen molar-refractivity contribution in [1.29, 1.82) is 0 Å². The highest BCUT2D eigenvalue weighted by molar-refractivity contribution is 7.13. The highest BCUT2D eigenvalue weighted by atomic mass is 32.1. The lowest BCUT2D eigenvalue weighted by molar-refractivity contribution is 0.0782. The molecule has 3 heterocycles. The minimum Gasteiger partial charge on any atom is -0.354 e. The Bertz CT molecular complexity index is 1230. The van der Waals surface area contributed by atoms with Crippen LogP contribution in [0, 0.1) is 11.7 Å². The standard InChI is InChI=1S/C23H23FN4O2S/c1-27(23(29)21-18-4-2-3-5-20(18)31-26-21)11-8-15-9-12-28(13-10-15)22-17-7-6-16(24)14-19(17)30-25-22/h2-7,14-15H,8-13H2,1H3. The molecule has 1 aliphatic heterocycles. The first-order valence-corrected chi connectivity index (χ1v) is 11.3. The number of aromatic nitrogens is 2. The van der Waals surface area contributed by atoms with E-state index in [4.69, 9.17) is 4.52 Å². The fourth-order valence-corrected chi connectivity index (χ4v) is 5.03. The fraction of sp³-hybridized carbons (Fsp3) is 0.348. The Balaban J connectivity index is 1.17. The molecule has 0 unspecified atom stereocenters. The predicted molar refractivity (Wildman–Crippen MR) is 120 cm³/mol. The average Bonchev–Trinajstić information content (AvgIpc) is 3.41. The highest BCUT2D eigenvalue weighted by Gasteiger charge is 2.25. The van der Waals surface area contributed by atoms with Gasteiger partial charge in [-0.3, -0.25) is 4.79 Å². The molecule has 31 heavy (non-hydrogen) atoms. The average molecular weight is 439 g/mol. The zero-order valence-corrected chi connectivity index (χ0v) is 18.1. The lowest BCUT2D eigenvalue weighted by Gasteiger charge is -2.32. The van der Waals surface area contributed by atoms with Crippen LogP contribution >= 0.6 is 11.5 Å². The maximum absolute atomic E-state index is 13.4. The number of carbonyl (C=O) groups is 1. The monoisotopic (exact) mass is 438 g/mol. The van der Waals surface area contributed by atoms with Gasteiger partial charge in [-0.1, -0.05) is 23.4 Å². The second-order valence-corrected chi connectivity index (χ2v) is 8.92. The Labute approximate surface area is 183 Å². The van der Waals surface area contributed by atoms with Gasteiger partial charge in [-0.25, -0.2) is 4.39 Å². The summed E-state index contributed by atoms with van der Waals surface area (Å²) in [5.74, 6) is 1.000. The van der Waals surface area contributed by atoms with Crippen LogP contribution in [-0.2, 0) is 0 Å². The van der Waals surface area contributed by atoms with Crippen molar-refractivity contribution < 1.29 is 13.7 Å². The van der Waals surface area contributed by atoms with Crippen LogP contribution in [0.1, 0.15) is 29.8 Å². The molecule has 0 saturated carbocycles. The minimum absolute atomic E-state index is 0.0174. The van der Waals surface area contributed by atoms with Gasteiger partial charge < -0.3 is 14.3 Å². The molecule has 1 amide bonds. The SMILES string of the molecule is CN(CCC1CCN(c2noc3cc(F)ccc23)CC1)C(=O)c1nsc2ccccc12. The predicted octanol–water partition coefficient (Wildman–Crippen LogP) is 4.96. The van der Waals surface area contributed by atoms with Crippen molar-refractivity contribution in [2.45, 2.75) is 19.3 Å². The fourth-order valence-electron chi connectivity index (χ4n) is 4.26. The van der Waals surface area contributed by atoms with Gasteiger partial charge in [-0.05, 0) is 54.9 Å². The summed E-state index contributed by atoms with van der Waals surface area (Å²) in [6.45, 7) is 2.46. The van der Waals surface area contributed by atoms with E-state index in [0.29, 0.717) is 23.7 Å². The van der Waals surface area contributed by atoms with E-state index in [1.54, 1.807) is 11.0 Å². The topological polar surface area (TPSA) is 62.5 Å². The summed E-state index contributed by atoms with van der Waals surface area (Å²) < 4.78 is 24.1. The van der Waals surface area contributed by atoms with Gasteiger partial charge in [0.1, 0.15) is 11.5 Å². The Kier molecular flexibility index (Phi) is 5.31. The molecule has 0 spiro atoms. The number of hydrogen-bond donors (Lipinski definition) is 0. The van der Waals surface area contributed by atoms with Crippen molar-refractivity contribution in [3.8, 4) is 0 Å². The smallest absolute Gasteiger partial charge is 0.273 e. The van der Waals surface area contributed by atoms with Crippen molar-refractivity contribution in [3.63, 3.8) is 0 Å². The van der Waals surface area contributed by atoms with E-state index in [-0.39, 0.29) is 11.7 Å². The van der Waals surface area contributed by atoms with E-state index in [0.717, 1.165) is 53.6 Å². The Morgan fingerprint density at radius 2 is 2.03 bits per heavy atom. The summed E-state index contributed by atoms with van der Waals surface area (Å²) >= 11 is 1.37. The first-order valence-electron chi connectivity index (χ1n) is 10.5. The second kappa shape index (κ2) is 8.26. The first kappa shape index (κ1) is 19.9. The quantitative estimate of drug-likeness (QED) is 0.441. The van der Waals surface area contributed by atoms with E-state index >= 15 is 0 Å². The van der Waals surface area contributed by atoms with Gasteiger partial charge in [-0.2, -0.15) is 4.37 Å². The Morgan fingerprint density at radius 1 is 1.23 bits per heavy atom. The van der Waals surface area contributed by atoms with E-state index in [9.17, 15) is 9.18 Å². The van der Waals surface area contributed by atoms with Crippen molar-refractivity contribution in [2.75, 3.05) is 31.6 Å². The number of benzene rings is 2. The summed E-state index contributed by atoms with van der Waals surface area (Å²) in [6.07, 6.45) is 3.01. The number of nitrogens with zero attached hydrogens (tertiary/aromatic N) is 4. The highest BCUT2D eigenvalue weighted by Crippen LogP contribution is 2.31. The third-order valence-electron chi connectivity index (χ3n) is 6.13. The van der Waals surface area contributed by atoms with Crippen LogP contribution in [-0.4, -0.2) is 47.0 Å². The van der Waals surface area contributed by atoms with Gasteiger partial charge in [0.05, 0.1) is 10.1 Å². The van der Waals surface area contributed by atoms with Gasteiger partial charge in [0.25, 0.3) is 5.91 Å². The molecule has 0 bridgehead atoms. The van der Waals surface area contributed by atoms with Crippen LogP contribution in [0.3, 0.4) is 0 Å². The minimum atomic E-state index is -0.321. The number of anilines is 1. The number of piperidine rings is 1. The van der Waals surface area contributed by atoms with Crippen LogP contribution in [0.4, 0.5) is 10.2 Å². The number of rotatable bonds is 5. The van der Waals surface area contributed by atoms with Gasteiger partial charge in [0, 0.05) is 38.1 Å². The molecular weight excluding hydrogens is 415 g/mol. The third kappa shape index (κ3) is 3.87. The van der Waals surface area contributed by atoms with Crippen molar-refractivity contribution in [2.24, 2.45) is 5.92 Å². The van der Waals surface area contributed by atoms with Crippen molar-refractivity contribution in [1.82, 2.24) is 14.4 Å². The Hall–Kier alpha value is -3.00. The summed E-state index contributed by atoms with van der Waals surface area (Å²) in [7, 11) is 1.85. The maximum atomic E-state index is 13.4. The molecule has 0 atom stereocenters. The third-order valence-corrected chi connectivity index (χ3v) is 6.96. The molecule has 2 aromatic carbocycles. The van der Waals surface area contributed by atoms with Crippen molar-refractivity contribution >= 4 is 44.3 Å². The molecule has 1 aliphatic rings. The molecule has 6 nitrogen and oxygen atoms in total. The Morgan fingerprint density at radius 3 is 2.87 bits per heavy atom. The van der Waals surface area contributed by atoms with Gasteiger partial charge >= 0.3 is 0 Å². The number of halogens is 1. The van der Waals surface area contributed by atoms with E-state index in [2.05, 4.69) is 14.4 Å². The van der Waals surface area contributed by atoms with E-state index in [1.807, 2.05) is 31.3 Å². The molecule has 4 aromatic rings. The zero-order chi connectivity index (χ0) is 21.4.